The molecule has 0 amide bonds. The van der Waals surface area contributed by atoms with Crippen molar-refractivity contribution in [3.8, 4) is 0 Å². The third-order valence-corrected chi connectivity index (χ3v) is 4.30. The van der Waals surface area contributed by atoms with E-state index in [0.717, 1.165) is 30.5 Å². The Bertz CT molecular complexity index is 147. The van der Waals surface area contributed by atoms with E-state index < -0.39 is 0 Å². The SMILES string of the molecule is CCCCOCC(O)CSC1CCCC1. The Morgan fingerprint density at radius 2 is 2.13 bits per heavy atom. The van der Waals surface area contributed by atoms with Crippen molar-refractivity contribution in [2.45, 2.75) is 56.8 Å². The van der Waals surface area contributed by atoms with Gasteiger partial charge >= 0.3 is 0 Å². The summed E-state index contributed by atoms with van der Waals surface area (Å²) in [7, 11) is 0. The van der Waals surface area contributed by atoms with Crippen molar-refractivity contribution in [1.29, 1.82) is 0 Å². The van der Waals surface area contributed by atoms with E-state index >= 15 is 0 Å². The highest BCUT2D eigenvalue weighted by Gasteiger charge is 2.16. The van der Waals surface area contributed by atoms with Crippen molar-refractivity contribution >= 4 is 11.8 Å². The maximum atomic E-state index is 9.66. The normalized spacial score (nSPS) is 19.6. The van der Waals surface area contributed by atoms with Gasteiger partial charge in [-0.3, -0.25) is 0 Å². The highest BCUT2D eigenvalue weighted by atomic mass is 32.2. The van der Waals surface area contributed by atoms with Crippen LogP contribution in [0.1, 0.15) is 45.4 Å². The molecule has 90 valence electrons. The topological polar surface area (TPSA) is 29.5 Å². The van der Waals surface area contributed by atoms with Gasteiger partial charge in [-0.15, -0.1) is 0 Å². The number of hydrogen-bond acceptors (Lipinski definition) is 3. The van der Waals surface area contributed by atoms with Crippen LogP contribution in [0.15, 0.2) is 0 Å². The van der Waals surface area contributed by atoms with Gasteiger partial charge in [0.25, 0.3) is 0 Å². The molecule has 0 aromatic rings. The molecule has 1 saturated carbocycles. The van der Waals surface area contributed by atoms with Crippen LogP contribution in [0.3, 0.4) is 0 Å². The van der Waals surface area contributed by atoms with Gasteiger partial charge in [0.1, 0.15) is 0 Å². The van der Waals surface area contributed by atoms with Gasteiger partial charge in [-0.2, -0.15) is 11.8 Å². The zero-order valence-corrected chi connectivity index (χ0v) is 10.6. The van der Waals surface area contributed by atoms with E-state index in [1.54, 1.807) is 0 Å². The number of hydrogen-bond donors (Lipinski definition) is 1. The highest BCUT2D eigenvalue weighted by molar-refractivity contribution is 7.99. The number of aliphatic hydroxyl groups excluding tert-OH is 1. The molecule has 1 atom stereocenters. The molecule has 1 N–H and O–H groups in total. The van der Waals surface area contributed by atoms with Crippen LogP contribution in [0.2, 0.25) is 0 Å². The van der Waals surface area contributed by atoms with E-state index in [4.69, 9.17) is 4.74 Å². The van der Waals surface area contributed by atoms with Crippen LogP contribution in [0.25, 0.3) is 0 Å². The summed E-state index contributed by atoms with van der Waals surface area (Å²) >= 11 is 1.93. The zero-order chi connectivity index (χ0) is 10.9. The lowest BCUT2D eigenvalue weighted by molar-refractivity contribution is 0.0473. The summed E-state index contributed by atoms with van der Waals surface area (Å²) in [5, 5.41) is 10.5. The lowest BCUT2D eigenvalue weighted by atomic mass is 10.3. The van der Waals surface area contributed by atoms with Crippen molar-refractivity contribution in [1.82, 2.24) is 0 Å². The van der Waals surface area contributed by atoms with Crippen molar-refractivity contribution in [2.24, 2.45) is 0 Å². The Morgan fingerprint density at radius 3 is 2.80 bits per heavy atom. The highest BCUT2D eigenvalue weighted by Crippen LogP contribution is 2.29. The fourth-order valence-electron chi connectivity index (χ4n) is 1.82. The fourth-order valence-corrected chi connectivity index (χ4v) is 3.07. The third kappa shape index (κ3) is 6.44. The minimum absolute atomic E-state index is 0.271. The second kappa shape index (κ2) is 8.43. The molecule has 1 fully saturated rings. The maximum Gasteiger partial charge on any atom is 0.0863 e. The van der Waals surface area contributed by atoms with Gasteiger partial charge in [0.05, 0.1) is 12.7 Å². The molecule has 0 aromatic carbocycles. The smallest absolute Gasteiger partial charge is 0.0863 e. The van der Waals surface area contributed by atoms with Crippen LogP contribution in [0.4, 0.5) is 0 Å². The van der Waals surface area contributed by atoms with Crippen molar-refractivity contribution in [3.63, 3.8) is 0 Å². The first kappa shape index (κ1) is 13.3. The molecule has 0 aliphatic heterocycles. The molecule has 1 aliphatic carbocycles. The summed E-state index contributed by atoms with van der Waals surface area (Å²) in [6, 6.07) is 0. The summed E-state index contributed by atoms with van der Waals surface area (Å²) < 4.78 is 5.39. The van der Waals surface area contributed by atoms with Gasteiger partial charge in [0.15, 0.2) is 0 Å². The predicted octanol–water partition coefficient (Wildman–Crippen LogP) is 2.84. The summed E-state index contributed by atoms with van der Waals surface area (Å²) in [5.41, 5.74) is 0. The molecule has 0 bridgehead atoms. The standard InChI is InChI=1S/C12H24O2S/c1-2-3-8-14-9-11(13)10-15-12-6-4-5-7-12/h11-13H,2-10H2,1H3. The summed E-state index contributed by atoms with van der Waals surface area (Å²) in [6.07, 6.45) is 7.42. The molecule has 1 rings (SSSR count). The van der Waals surface area contributed by atoms with E-state index in [2.05, 4.69) is 6.92 Å². The zero-order valence-electron chi connectivity index (χ0n) is 9.78. The quantitative estimate of drug-likeness (QED) is 0.653. The molecule has 0 heterocycles. The van der Waals surface area contributed by atoms with Gasteiger partial charge < -0.3 is 9.84 Å². The molecule has 1 aliphatic rings. The van der Waals surface area contributed by atoms with E-state index in [-0.39, 0.29) is 6.10 Å². The number of ether oxygens (including phenoxy) is 1. The molecule has 15 heavy (non-hydrogen) atoms. The van der Waals surface area contributed by atoms with Crippen LogP contribution in [0, 0.1) is 0 Å². The molecule has 0 aromatic heterocycles. The molecular weight excluding hydrogens is 208 g/mol. The molecule has 3 heteroatoms. The first-order valence-electron chi connectivity index (χ1n) is 6.20. The van der Waals surface area contributed by atoms with Gasteiger partial charge in [-0.05, 0) is 19.3 Å². The minimum atomic E-state index is -0.271. The number of aliphatic hydroxyl groups is 1. The Morgan fingerprint density at radius 1 is 1.40 bits per heavy atom. The lowest BCUT2D eigenvalue weighted by Crippen LogP contribution is -2.19. The Kier molecular flexibility index (Phi) is 7.49. The van der Waals surface area contributed by atoms with E-state index in [9.17, 15) is 5.11 Å². The van der Waals surface area contributed by atoms with Crippen LogP contribution in [0.5, 0.6) is 0 Å². The first-order chi connectivity index (χ1) is 7.33. The average molecular weight is 232 g/mol. The number of thioether (sulfide) groups is 1. The van der Waals surface area contributed by atoms with Crippen LogP contribution in [-0.2, 0) is 4.74 Å². The molecule has 0 spiro atoms. The largest absolute Gasteiger partial charge is 0.390 e. The number of rotatable bonds is 8. The summed E-state index contributed by atoms with van der Waals surface area (Å²) in [5.74, 6) is 0.844. The Labute approximate surface area is 97.8 Å². The van der Waals surface area contributed by atoms with Crippen molar-refractivity contribution in [2.75, 3.05) is 19.0 Å². The summed E-state index contributed by atoms with van der Waals surface area (Å²) in [4.78, 5) is 0. The summed E-state index contributed by atoms with van der Waals surface area (Å²) in [6.45, 7) is 3.46. The second-order valence-corrected chi connectivity index (χ2v) is 5.66. The van der Waals surface area contributed by atoms with E-state index in [0.29, 0.717) is 6.61 Å². The van der Waals surface area contributed by atoms with Crippen molar-refractivity contribution < 1.29 is 9.84 Å². The maximum absolute atomic E-state index is 9.66. The fraction of sp³-hybridized carbons (Fsp3) is 1.00. The minimum Gasteiger partial charge on any atom is -0.390 e. The molecular formula is C12H24O2S. The predicted molar refractivity (Wildman–Crippen MR) is 66.4 cm³/mol. The van der Waals surface area contributed by atoms with Gasteiger partial charge in [0, 0.05) is 17.6 Å². The van der Waals surface area contributed by atoms with Gasteiger partial charge in [-0.25, -0.2) is 0 Å². The van der Waals surface area contributed by atoms with Crippen LogP contribution < -0.4 is 0 Å². The molecule has 1 unspecified atom stereocenters. The first-order valence-corrected chi connectivity index (χ1v) is 7.25. The molecule has 0 saturated heterocycles. The third-order valence-electron chi connectivity index (χ3n) is 2.78. The lowest BCUT2D eigenvalue weighted by Gasteiger charge is -2.13. The number of unbranched alkanes of at least 4 members (excludes halogenated alkanes) is 1. The van der Waals surface area contributed by atoms with E-state index in [1.807, 2.05) is 11.8 Å². The van der Waals surface area contributed by atoms with Gasteiger partial charge in [0.2, 0.25) is 0 Å². The van der Waals surface area contributed by atoms with Crippen molar-refractivity contribution in [3.05, 3.63) is 0 Å². The molecule has 2 nitrogen and oxygen atoms in total. The monoisotopic (exact) mass is 232 g/mol. The van der Waals surface area contributed by atoms with Crippen LogP contribution in [-0.4, -0.2) is 35.4 Å². The van der Waals surface area contributed by atoms with Gasteiger partial charge in [-0.1, -0.05) is 26.2 Å². The molecule has 0 radical (unpaired) electrons. The Balaban J connectivity index is 1.90. The Hall–Kier alpha value is 0.270. The van der Waals surface area contributed by atoms with Crippen LogP contribution >= 0.6 is 11.8 Å². The average Bonchev–Trinajstić information content (AvgIpc) is 2.74. The second-order valence-electron chi connectivity index (χ2n) is 4.32. The van der Waals surface area contributed by atoms with E-state index in [1.165, 1.54) is 25.7 Å².